The lowest BCUT2D eigenvalue weighted by Gasteiger charge is -2.30. The van der Waals surface area contributed by atoms with Crippen molar-refractivity contribution in [2.24, 2.45) is 10.7 Å². The Labute approximate surface area is 147 Å². The molecule has 1 aliphatic heterocycles. The minimum atomic E-state index is 0.290. The third-order valence-electron chi connectivity index (χ3n) is 4.52. The first-order valence-corrected chi connectivity index (χ1v) is 9.24. The SMILES string of the molecule is NC1=NC2=C(CCC/C2=C/c2ccccc2)C(c2ccccc2)S1. The summed E-state index contributed by atoms with van der Waals surface area (Å²) in [5.74, 6) is 0. The number of nitrogens with two attached hydrogens (primary N) is 1. The highest BCUT2D eigenvalue weighted by Gasteiger charge is 2.30. The number of allylic oxidation sites excluding steroid dienone is 1. The van der Waals surface area contributed by atoms with E-state index in [4.69, 9.17) is 10.7 Å². The fraction of sp³-hybridized carbons (Fsp3) is 0.190. The van der Waals surface area contributed by atoms with Gasteiger partial charge in [-0.25, -0.2) is 4.99 Å². The average Bonchev–Trinajstić information content (AvgIpc) is 2.63. The summed E-state index contributed by atoms with van der Waals surface area (Å²) >= 11 is 1.68. The number of hydrogen-bond donors (Lipinski definition) is 1. The van der Waals surface area contributed by atoms with Crippen molar-refractivity contribution in [3.8, 4) is 0 Å². The highest BCUT2D eigenvalue weighted by Crippen LogP contribution is 2.47. The molecule has 1 atom stereocenters. The molecule has 0 spiro atoms. The van der Waals surface area contributed by atoms with E-state index in [1.54, 1.807) is 11.8 Å². The smallest absolute Gasteiger partial charge is 0.160 e. The molecule has 0 saturated carbocycles. The van der Waals surface area contributed by atoms with Crippen LogP contribution in [-0.2, 0) is 0 Å². The maximum absolute atomic E-state index is 6.18. The zero-order valence-corrected chi connectivity index (χ0v) is 14.3. The summed E-state index contributed by atoms with van der Waals surface area (Å²) in [5, 5.41) is 0.960. The lowest BCUT2D eigenvalue weighted by molar-refractivity contribution is 0.736. The molecule has 2 aromatic carbocycles. The van der Waals surface area contributed by atoms with Crippen molar-refractivity contribution in [3.05, 3.63) is 88.6 Å². The lowest BCUT2D eigenvalue weighted by Crippen LogP contribution is -2.19. The van der Waals surface area contributed by atoms with Gasteiger partial charge in [0.25, 0.3) is 0 Å². The predicted octanol–water partition coefficient (Wildman–Crippen LogP) is 5.31. The molecule has 2 aliphatic rings. The Bertz CT molecular complexity index is 819. The van der Waals surface area contributed by atoms with Crippen LogP contribution in [0.1, 0.15) is 35.6 Å². The molecule has 2 nitrogen and oxygen atoms in total. The van der Waals surface area contributed by atoms with Crippen molar-refractivity contribution in [3.63, 3.8) is 0 Å². The number of thioether (sulfide) groups is 1. The molecular weight excluding hydrogens is 312 g/mol. The van der Waals surface area contributed by atoms with Gasteiger partial charge in [0.15, 0.2) is 5.17 Å². The van der Waals surface area contributed by atoms with Crippen molar-refractivity contribution in [2.75, 3.05) is 0 Å². The normalized spacial score (nSPS) is 22.2. The fourth-order valence-corrected chi connectivity index (χ4v) is 4.48. The van der Waals surface area contributed by atoms with Crippen molar-refractivity contribution >= 4 is 23.0 Å². The van der Waals surface area contributed by atoms with Gasteiger partial charge >= 0.3 is 0 Å². The van der Waals surface area contributed by atoms with Gasteiger partial charge in [0.1, 0.15) is 0 Å². The van der Waals surface area contributed by atoms with Gasteiger partial charge in [0.05, 0.1) is 10.9 Å². The van der Waals surface area contributed by atoms with Crippen LogP contribution in [0.3, 0.4) is 0 Å². The van der Waals surface area contributed by atoms with Gasteiger partial charge in [-0.3, -0.25) is 0 Å². The van der Waals surface area contributed by atoms with E-state index in [0.29, 0.717) is 5.17 Å². The molecule has 24 heavy (non-hydrogen) atoms. The van der Waals surface area contributed by atoms with Gasteiger partial charge in [-0.05, 0) is 47.6 Å². The highest BCUT2D eigenvalue weighted by atomic mass is 32.2. The number of amidine groups is 1. The molecule has 2 aromatic rings. The third-order valence-corrected chi connectivity index (χ3v) is 5.65. The Hall–Kier alpha value is -2.26. The summed E-state index contributed by atoms with van der Waals surface area (Å²) in [7, 11) is 0. The zero-order chi connectivity index (χ0) is 16.4. The number of hydrogen-bond acceptors (Lipinski definition) is 3. The summed E-state index contributed by atoms with van der Waals surface area (Å²) < 4.78 is 0. The Balaban J connectivity index is 1.79. The molecule has 120 valence electrons. The Morgan fingerprint density at radius 1 is 0.958 bits per heavy atom. The molecule has 2 N–H and O–H groups in total. The van der Waals surface area contributed by atoms with Crippen molar-refractivity contribution in [1.82, 2.24) is 0 Å². The van der Waals surface area contributed by atoms with E-state index in [1.165, 1.54) is 28.7 Å². The second-order valence-electron chi connectivity index (χ2n) is 6.17. The summed E-state index contributed by atoms with van der Waals surface area (Å²) in [6.45, 7) is 0. The van der Waals surface area contributed by atoms with Crippen LogP contribution >= 0.6 is 11.8 Å². The molecule has 1 aliphatic carbocycles. The number of rotatable bonds is 2. The van der Waals surface area contributed by atoms with Crippen molar-refractivity contribution in [1.29, 1.82) is 0 Å². The second-order valence-corrected chi connectivity index (χ2v) is 7.29. The van der Waals surface area contributed by atoms with E-state index in [2.05, 4.69) is 60.7 Å². The van der Waals surface area contributed by atoms with Crippen LogP contribution in [0.2, 0.25) is 0 Å². The molecule has 0 saturated heterocycles. The summed E-state index contributed by atoms with van der Waals surface area (Å²) in [4.78, 5) is 4.73. The minimum absolute atomic E-state index is 0.290. The maximum atomic E-state index is 6.18. The molecule has 1 unspecified atom stereocenters. The van der Waals surface area contributed by atoms with E-state index in [-0.39, 0.29) is 5.25 Å². The van der Waals surface area contributed by atoms with Crippen LogP contribution in [-0.4, -0.2) is 5.17 Å². The van der Waals surface area contributed by atoms with E-state index in [9.17, 15) is 0 Å². The number of benzene rings is 2. The van der Waals surface area contributed by atoms with Gasteiger partial charge in [-0.2, -0.15) is 0 Å². The Morgan fingerprint density at radius 3 is 2.42 bits per heavy atom. The third kappa shape index (κ3) is 3.04. The first-order chi connectivity index (χ1) is 11.8. The van der Waals surface area contributed by atoms with Gasteiger partial charge < -0.3 is 5.73 Å². The monoisotopic (exact) mass is 332 g/mol. The summed E-state index contributed by atoms with van der Waals surface area (Å²) in [6.07, 6.45) is 5.61. The quantitative estimate of drug-likeness (QED) is 0.809. The Kier molecular flexibility index (Phi) is 4.26. The molecule has 0 aromatic heterocycles. The van der Waals surface area contributed by atoms with Crippen molar-refractivity contribution < 1.29 is 0 Å². The standard InChI is InChI=1S/C21H20N2S/c22-21-23-19-17(14-15-8-3-1-4-9-15)12-7-13-18(19)20(24-21)16-10-5-2-6-11-16/h1-6,8-11,14,20H,7,12-13H2,(H2,22,23)/b17-14-. The molecule has 0 amide bonds. The highest BCUT2D eigenvalue weighted by molar-refractivity contribution is 8.14. The molecule has 1 heterocycles. The van der Waals surface area contributed by atoms with Crippen LogP contribution in [0.5, 0.6) is 0 Å². The summed E-state index contributed by atoms with van der Waals surface area (Å²) in [5.41, 5.74) is 12.6. The van der Waals surface area contributed by atoms with E-state index < -0.39 is 0 Å². The second kappa shape index (κ2) is 6.70. The number of nitrogens with zero attached hydrogens (tertiary/aromatic N) is 1. The van der Waals surface area contributed by atoms with E-state index >= 15 is 0 Å². The maximum Gasteiger partial charge on any atom is 0.160 e. The Morgan fingerprint density at radius 2 is 1.67 bits per heavy atom. The first-order valence-electron chi connectivity index (χ1n) is 8.36. The van der Waals surface area contributed by atoms with Crippen molar-refractivity contribution in [2.45, 2.75) is 24.5 Å². The zero-order valence-electron chi connectivity index (χ0n) is 13.5. The predicted molar refractivity (Wildman–Crippen MR) is 104 cm³/mol. The topological polar surface area (TPSA) is 38.4 Å². The van der Waals surface area contributed by atoms with Gasteiger partial charge in [-0.15, -0.1) is 0 Å². The molecule has 4 rings (SSSR count). The van der Waals surface area contributed by atoms with Gasteiger partial charge in [-0.1, -0.05) is 72.4 Å². The molecular formula is C21H20N2S. The van der Waals surface area contributed by atoms with Crippen LogP contribution in [0.25, 0.3) is 6.08 Å². The average molecular weight is 332 g/mol. The first kappa shape index (κ1) is 15.3. The molecule has 0 fully saturated rings. The molecule has 0 radical (unpaired) electrons. The summed E-state index contributed by atoms with van der Waals surface area (Å²) in [6, 6.07) is 21.1. The van der Waals surface area contributed by atoms with Crippen LogP contribution in [0, 0.1) is 0 Å². The van der Waals surface area contributed by atoms with E-state index in [0.717, 1.165) is 18.5 Å². The molecule has 0 bridgehead atoms. The largest absolute Gasteiger partial charge is 0.378 e. The lowest BCUT2D eigenvalue weighted by atomic mass is 9.87. The minimum Gasteiger partial charge on any atom is -0.378 e. The number of aliphatic imine (C=N–C) groups is 1. The molecule has 3 heteroatoms. The van der Waals surface area contributed by atoms with E-state index in [1.807, 2.05) is 6.07 Å². The van der Waals surface area contributed by atoms with Gasteiger partial charge in [0.2, 0.25) is 0 Å². The van der Waals surface area contributed by atoms with Crippen LogP contribution in [0.15, 0.2) is 82.5 Å². The van der Waals surface area contributed by atoms with Gasteiger partial charge in [0, 0.05) is 0 Å². The van der Waals surface area contributed by atoms with Crippen LogP contribution in [0.4, 0.5) is 0 Å². The fourth-order valence-electron chi connectivity index (χ4n) is 3.43. The van der Waals surface area contributed by atoms with Crippen LogP contribution < -0.4 is 5.73 Å².